The van der Waals surface area contributed by atoms with E-state index in [1.54, 1.807) is 18.3 Å². The van der Waals surface area contributed by atoms with Crippen molar-refractivity contribution in [3.63, 3.8) is 0 Å². The fourth-order valence-electron chi connectivity index (χ4n) is 1.29. The second-order valence-corrected chi connectivity index (χ2v) is 4.98. The number of rotatable bonds is 3. The van der Waals surface area contributed by atoms with Gasteiger partial charge < -0.3 is 10.4 Å². The van der Waals surface area contributed by atoms with E-state index < -0.39 is 0 Å². The Morgan fingerprint density at radius 2 is 2.19 bits per heavy atom. The normalized spacial score (nSPS) is 11.2. The number of hydrogen-bond donors (Lipinski definition) is 2. The van der Waals surface area contributed by atoms with Gasteiger partial charge in [-0.15, -0.1) is 0 Å². The number of nitrogens with one attached hydrogen (secondary N) is 1. The smallest absolute Gasteiger partial charge is 0.220 e. The first-order chi connectivity index (χ1) is 7.38. The van der Waals surface area contributed by atoms with Gasteiger partial charge in [0.2, 0.25) is 5.91 Å². The molecule has 0 aliphatic carbocycles. The molecule has 0 radical (unpaired) electrons. The van der Waals surface area contributed by atoms with Crippen molar-refractivity contribution in [2.45, 2.75) is 33.7 Å². The highest BCUT2D eigenvalue weighted by atomic mass is 16.3. The van der Waals surface area contributed by atoms with Crippen molar-refractivity contribution in [2.75, 3.05) is 0 Å². The summed E-state index contributed by atoms with van der Waals surface area (Å²) in [5.41, 5.74) is 0.459. The molecule has 0 aromatic carbocycles. The molecular weight excluding hydrogens is 204 g/mol. The molecule has 0 atom stereocenters. The Morgan fingerprint density at radius 1 is 1.50 bits per heavy atom. The largest absolute Gasteiger partial charge is 0.506 e. The molecule has 0 fully saturated rings. The number of carbonyl (C=O) groups excluding carboxylic acids is 1. The number of amides is 1. The van der Waals surface area contributed by atoms with Crippen molar-refractivity contribution in [3.8, 4) is 5.75 Å². The zero-order valence-electron chi connectivity index (χ0n) is 9.95. The van der Waals surface area contributed by atoms with E-state index in [-0.39, 0.29) is 23.6 Å². The lowest BCUT2D eigenvalue weighted by Gasteiger charge is -2.17. The summed E-state index contributed by atoms with van der Waals surface area (Å²) in [5.74, 6) is 0.0797. The van der Waals surface area contributed by atoms with E-state index in [2.05, 4.69) is 10.3 Å². The molecule has 2 N–H and O–H groups in total. The summed E-state index contributed by atoms with van der Waals surface area (Å²) in [5, 5.41) is 12.2. The van der Waals surface area contributed by atoms with Gasteiger partial charge in [0.25, 0.3) is 0 Å². The van der Waals surface area contributed by atoms with Crippen LogP contribution in [0.25, 0.3) is 0 Å². The Labute approximate surface area is 95.7 Å². The van der Waals surface area contributed by atoms with E-state index in [4.69, 9.17) is 0 Å². The molecule has 1 amide bonds. The van der Waals surface area contributed by atoms with Crippen molar-refractivity contribution in [2.24, 2.45) is 5.41 Å². The maximum absolute atomic E-state index is 11.5. The molecule has 0 unspecified atom stereocenters. The van der Waals surface area contributed by atoms with Crippen LogP contribution in [0.5, 0.6) is 5.75 Å². The van der Waals surface area contributed by atoms with E-state index in [1.165, 1.54) is 0 Å². The number of aromatic hydroxyl groups is 1. The second-order valence-electron chi connectivity index (χ2n) is 4.98. The molecule has 1 aromatic rings. The van der Waals surface area contributed by atoms with Gasteiger partial charge in [0.1, 0.15) is 11.4 Å². The number of pyridine rings is 1. The van der Waals surface area contributed by atoms with Crippen LogP contribution in [0.15, 0.2) is 18.3 Å². The van der Waals surface area contributed by atoms with Gasteiger partial charge in [-0.05, 0) is 17.5 Å². The number of aromatic nitrogens is 1. The first-order valence-electron chi connectivity index (χ1n) is 5.28. The summed E-state index contributed by atoms with van der Waals surface area (Å²) in [6, 6.07) is 3.20. The van der Waals surface area contributed by atoms with Crippen LogP contribution >= 0.6 is 0 Å². The van der Waals surface area contributed by atoms with Crippen LogP contribution in [0.3, 0.4) is 0 Å². The molecule has 0 spiro atoms. The first kappa shape index (κ1) is 12.5. The Hall–Kier alpha value is -1.58. The van der Waals surface area contributed by atoms with Crippen molar-refractivity contribution < 1.29 is 9.90 Å². The minimum absolute atomic E-state index is 0.0300. The fraction of sp³-hybridized carbons (Fsp3) is 0.500. The van der Waals surface area contributed by atoms with Gasteiger partial charge in [0.05, 0.1) is 6.54 Å². The van der Waals surface area contributed by atoms with Crippen LogP contribution in [-0.4, -0.2) is 16.0 Å². The third kappa shape index (κ3) is 4.29. The van der Waals surface area contributed by atoms with Crippen molar-refractivity contribution in [3.05, 3.63) is 24.0 Å². The molecule has 0 aliphatic rings. The molecule has 4 nitrogen and oxygen atoms in total. The highest BCUT2D eigenvalue weighted by Crippen LogP contribution is 2.18. The Morgan fingerprint density at radius 3 is 2.75 bits per heavy atom. The third-order valence-electron chi connectivity index (χ3n) is 2.01. The average molecular weight is 222 g/mol. The quantitative estimate of drug-likeness (QED) is 0.820. The minimum atomic E-state index is -0.0315. The van der Waals surface area contributed by atoms with E-state index in [0.29, 0.717) is 12.1 Å². The van der Waals surface area contributed by atoms with E-state index in [9.17, 15) is 9.90 Å². The molecule has 88 valence electrons. The van der Waals surface area contributed by atoms with Gasteiger partial charge in [-0.25, -0.2) is 0 Å². The number of carbonyl (C=O) groups is 1. The van der Waals surface area contributed by atoms with Gasteiger partial charge in [-0.2, -0.15) is 0 Å². The van der Waals surface area contributed by atoms with Crippen LogP contribution in [0.2, 0.25) is 0 Å². The maximum Gasteiger partial charge on any atom is 0.220 e. The second kappa shape index (κ2) is 4.96. The molecule has 0 saturated heterocycles. The summed E-state index contributed by atoms with van der Waals surface area (Å²) < 4.78 is 0. The topological polar surface area (TPSA) is 62.2 Å². The highest BCUT2D eigenvalue weighted by Gasteiger charge is 2.15. The number of hydrogen-bond acceptors (Lipinski definition) is 3. The average Bonchev–Trinajstić information content (AvgIpc) is 2.14. The Kier molecular flexibility index (Phi) is 3.88. The zero-order chi connectivity index (χ0) is 12.2. The standard InChI is InChI=1S/C12H18N2O2/c1-12(2,3)7-11(16)14-8-9-10(15)5-4-6-13-9/h4-6,15H,7-8H2,1-3H3,(H,14,16). The van der Waals surface area contributed by atoms with Crippen molar-refractivity contribution in [1.29, 1.82) is 0 Å². The van der Waals surface area contributed by atoms with Gasteiger partial charge in [0, 0.05) is 12.6 Å². The molecule has 4 heteroatoms. The molecule has 1 rings (SSSR count). The van der Waals surface area contributed by atoms with Crippen molar-refractivity contribution in [1.82, 2.24) is 10.3 Å². The van der Waals surface area contributed by atoms with E-state index >= 15 is 0 Å². The van der Waals surface area contributed by atoms with Gasteiger partial charge in [-0.1, -0.05) is 20.8 Å². The minimum Gasteiger partial charge on any atom is -0.506 e. The van der Waals surface area contributed by atoms with Gasteiger partial charge >= 0.3 is 0 Å². The monoisotopic (exact) mass is 222 g/mol. The summed E-state index contributed by atoms with van der Waals surface area (Å²) in [4.78, 5) is 15.5. The summed E-state index contributed by atoms with van der Waals surface area (Å²) in [7, 11) is 0. The molecule has 0 aliphatic heterocycles. The molecule has 1 heterocycles. The predicted octanol–water partition coefficient (Wildman–Crippen LogP) is 1.84. The van der Waals surface area contributed by atoms with Gasteiger partial charge in [0.15, 0.2) is 0 Å². The zero-order valence-corrected chi connectivity index (χ0v) is 9.95. The third-order valence-corrected chi connectivity index (χ3v) is 2.01. The van der Waals surface area contributed by atoms with E-state index in [0.717, 1.165) is 0 Å². The molecule has 0 bridgehead atoms. The first-order valence-corrected chi connectivity index (χ1v) is 5.28. The lowest BCUT2D eigenvalue weighted by Crippen LogP contribution is -2.27. The molecule has 16 heavy (non-hydrogen) atoms. The molecular formula is C12H18N2O2. The van der Waals surface area contributed by atoms with Crippen LogP contribution in [0.4, 0.5) is 0 Å². The lowest BCUT2D eigenvalue weighted by atomic mass is 9.92. The number of nitrogens with zero attached hydrogens (tertiary/aromatic N) is 1. The fourth-order valence-corrected chi connectivity index (χ4v) is 1.29. The molecule has 0 saturated carbocycles. The summed E-state index contributed by atoms with van der Waals surface area (Å²) in [6.07, 6.45) is 2.05. The van der Waals surface area contributed by atoms with Crippen LogP contribution in [0.1, 0.15) is 32.9 Å². The lowest BCUT2D eigenvalue weighted by molar-refractivity contribution is -0.122. The Bertz CT molecular complexity index is 370. The predicted molar refractivity (Wildman–Crippen MR) is 61.8 cm³/mol. The van der Waals surface area contributed by atoms with Crippen LogP contribution in [-0.2, 0) is 11.3 Å². The van der Waals surface area contributed by atoms with Crippen LogP contribution < -0.4 is 5.32 Å². The van der Waals surface area contributed by atoms with Gasteiger partial charge in [-0.3, -0.25) is 9.78 Å². The van der Waals surface area contributed by atoms with Crippen LogP contribution in [0, 0.1) is 5.41 Å². The Balaban J connectivity index is 2.47. The summed E-state index contributed by atoms with van der Waals surface area (Å²) >= 11 is 0. The van der Waals surface area contributed by atoms with E-state index in [1.807, 2.05) is 20.8 Å². The molecule has 1 aromatic heterocycles. The highest BCUT2D eigenvalue weighted by molar-refractivity contribution is 5.76. The maximum atomic E-state index is 11.5. The summed E-state index contributed by atoms with van der Waals surface area (Å²) in [6.45, 7) is 6.28. The van der Waals surface area contributed by atoms with Crippen molar-refractivity contribution >= 4 is 5.91 Å². The SMILES string of the molecule is CC(C)(C)CC(=O)NCc1ncccc1O.